The first-order valence-corrected chi connectivity index (χ1v) is 8.31. The lowest BCUT2D eigenvalue weighted by atomic mass is 9.99. The fourth-order valence-electron chi connectivity index (χ4n) is 2.18. The van der Waals surface area contributed by atoms with Crippen LogP contribution in [0.4, 0.5) is 0 Å². The summed E-state index contributed by atoms with van der Waals surface area (Å²) in [6.07, 6.45) is -4.05. The largest absolute Gasteiger partial charge is 0.463 e. The Morgan fingerprint density at radius 2 is 1.25 bits per heavy atom. The van der Waals surface area contributed by atoms with Gasteiger partial charge in [-0.3, -0.25) is 19.2 Å². The normalized spacial score (nSPS) is 29.3. The molecule has 0 radical (unpaired) electrons. The van der Waals surface area contributed by atoms with Gasteiger partial charge in [-0.05, 0) is 22.6 Å². The fourth-order valence-corrected chi connectivity index (χ4v) is 3.11. The average Bonchev–Trinajstić information content (AvgIpc) is 2.42. The second-order valence-corrected chi connectivity index (χ2v) is 6.28. The third kappa shape index (κ3) is 6.23. The van der Waals surface area contributed by atoms with Crippen molar-refractivity contribution in [3.63, 3.8) is 0 Å². The van der Waals surface area contributed by atoms with E-state index in [2.05, 4.69) is 0 Å². The van der Waals surface area contributed by atoms with Crippen LogP contribution in [-0.4, -0.2) is 59.0 Å². The molecule has 0 aliphatic carbocycles. The van der Waals surface area contributed by atoms with Gasteiger partial charge in [-0.25, -0.2) is 0 Å². The van der Waals surface area contributed by atoms with Crippen molar-refractivity contribution >= 4 is 46.5 Å². The molecule has 1 heterocycles. The maximum absolute atomic E-state index is 11.4. The summed E-state index contributed by atoms with van der Waals surface area (Å²) in [7, 11) is 0. The number of halogens is 1. The lowest BCUT2D eigenvalue weighted by Crippen LogP contribution is -2.60. The third-order valence-corrected chi connectivity index (χ3v) is 3.94. The predicted octanol–water partition coefficient (Wildman–Crippen LogP) is 0.504. The van der Waals surface area contributed by atoms with Gasteiger partial charge in [-0.15, -0.1) is 0 Å². The van der Waals surface area contributed by atoms with Crippen LogP contribution in [0, 0.1) is 0 Å². The van der Waals surface area contributed by atoms with Crippen molar-refractivity contribution in [2.75, 3.05) is 6.61 Å². The van der Waals surface area contributed by atoms with Crippen molar-refractivity contribution in [1.82, 2.24) is 0 Å². The van der Waals surface area contributed by atoms with Gasteiger partial charge in [-0.2, -0.15) is 0 Å². The molecular formula is C14H19IO9. The molecule has 0 aromatic heterocycles. The van der Waals surface area contributed by atoms with E-state index in [1.807, 2.05) is 22.6 Å². The highest BCUT2D eigenvalue weighted by Gasteiger charge is 2.51. The standard InChI is InChI=1S/C14H19IO9/c1-6(16)20-5-10-11(21-7(2)17)12(22-8(3)18)13(14(15)24-10)23-9(4)19/h10-14H,5H2,1-4H3/t10-,11+,12+,13-,14-/m1/s1. The first-order chi connectivity index (χ1) is 11.1. The number of carbonyl (C=O) groups excluding carboxylic acids is 4. The van der Waals surface area contributed by atoms with Crippen LogP contribution in [0.25, 0.3) is 0 Å². The van der Waals surface area contributed by atoms with E-state index in [9.17, 15) is 19.2 Å². The molecule has 1 rings (SSSR count). The molecule has 9 nitrogen and oxygen atoms in total. The minimum atomic E-state index is -1.10. The van der Waals surface area contributed by atoms with E-state index in [4.69, 9.17) is 23.7 Å². The number of hydrogen-bond donors (Lipinski definition) is 0. The molecule has 136 valence electrons. The molecule has 24 heavy (non-hydrogen) atoms. The maximum Gasteiger partial charge on any atom is 0.303 e. The Bertz CT molecular complexity index is 506. The summed E-state index contributed by atoms with van der Waals surface area (Å²) in [6, 6.07) is 0. The molecule has 1 fully saturated rings. The minimum Gasteiger partial charge on any atom is -0.463 e. The number of carbonyl (C=O) groups is 4. The molecule has 0 amide bonds. The van der Waals surface area contributed by atoms with Gasteiger partial charge in [0.25, 0.3) is 0 Å². The summed E-state index contributed by atoms with van der Waals surface area (Å²) >= 11 is 1.86. The number of ether oxygens (including phenoxy) is 5. The van der Waals surface area contributed by atoms with E-state index in [0.717, 1.165) is 0 Å². The van der Waals surface area contributed by atoms with E-state index in [1.54, 1.807) is 0 Å². The summed E-state index contributed by atoms with van der Waals surface area (Å²) in [6.45, 7) is 4.55. The monoisotopic (exact) mass is 458 g/mol. The summed E-state index contributed by atoms with van der Waals surface area (Å²) in [5.74, 6) is -2.45. The quantitative estimate of drug-likeness (QED) is 0.252. The summed E-state index contributed by atoms with van der Waals surface area (Å²) in [5.41, 5.74) is 0. The molecular weight excluding hydrogens is 439 g/mol. The highest BCUT2D eigenvalue weighted by molar-refractivity contribution is 14.1. The summed E-state index contributed by atoms with van der Waals surface area (Å²) in [4.78, 5) is 45.2. The van der Waals surface area contributed by atoms with Gasteiger partial charge in [0, 0.05) is 27.7 Å². The van der Waals surface area contributed by atoms with E-state index in [1.165, 1.54) is 27.7 Å². The SMILES string of the molecule is CC(=O)OC[C@H]1O[C@@H](I)[C@H](OC(C)=O)[C@@H](OC(C)=O)[C@H]1OC(C)=O. The van der Waals surface area contributed by atoms with Crippen LogP contribution in [0.2, 0.25) is 0 Å². The molecule has 0 unspecified atom stereocenters. The molecule has 0 aromatic rings. The van der Waals surface area contributed by atoms with Crippen molar-refractivity contribution in [1.29, 1.82) is 0 Å². The van der Waals surface area contributed by atoms with Crippen LogP contribution in [-0.2, 0) is 42.9 Å². The molecule has 1 saturated heterocycles. The second kappa shape index (κ2) is 9.16. The zero-order valence-corrected chi connectivity index (χ0v) is 15.8. The highest BCUT2D eigenvalue weighted by atomic mass is 127. The second-order valence-electron chi connectivity index (χ2n) is 5.05. The van der Waals surface area contributed by atoms with Crippen LogP contribution in [0.3, 0.4) is 0 Å². The van der Waals surface area contributed by atoms with Crippen LogP contribution >= 0.6 is 22.6 Å². The minimum absolute atomic E-state index is 0.211. The zero-order chi connectivity index (χ0) is 18.4. The molecule has 0 aromatic carbocycles. The lowest BCUT2D eigenvalue weighted by molar-refractivity contribution is -0.234. The van der Waals surface area contributed by atoms with Gasteiger partial charge < -0.3 is 23.7 Å². The van der Waals surface area contributed by atoms with E-state index in [-0.39, 0.29) is 6.61 Å². The van der Waals surface area contributed by atoms with Crippen molar-refractivity contribution < 1.29 is 42.9 Å². The van der Waals surface area contributed by atoms with E-state index < -0.39 is 52.4 Å². The Kier molecular flexibility index (Phi) is 7.87. The van der Waals surface area contributed by atoms with Gasteiger partial charge >= 0.3 is 23.9 Å². The van der Waals surface area contributed by atoms with Crippen LogP contribution in [0.1, 0.15) is 27.7 Å². The van der Waals surface area contributed by atoms with Gasteiger partial charge in [0.1, 0.15) is 16.8 Å². The molecule has 0 bridgehead atoms. The number of hydrogen-bond acceptors (Lipinski definition) is 9. The first-order valence-electron chi connectivity index (χ1n) is 7.06. The van der Waals surface area contributed by atoms with Crippen LogP contribution in [0.15, 0.2) is 0 Å². The van der Waals surface area contributed by atoms with Gasteiger partial charge in [0.05, 0.1) is 0 Å². The fraction of sp³-hybridized carbons (Fsp3) is 0.714. The van der Waals surface area contributed by atoms with Gasteiger partial charge in [0.2, 0.25) is 0 Å². The maximum atomic E-state index is 11.4. The molecule has 5 atom stereocenters. The van der Waals surface area contributed by atoms with Gasteiger partial charge in [0.15, 0.2) is 18.3 Å². The number of alkyl halides is 1. The Balaban J connectivity index is 3.11. The Morgan fingerprint density at radius 1 is 0.792 bits per heavy atom. The Hall–Kier alpha value is -1.43. The molecule has 1 aliphatic heterocycles. The van der Waals surface area contributed by atoms with Gasteiger partial charge in [-0.1, -0.05) is 0 Å². The first kappa shape index (κ1) is 20.6. The Morgan fingerprint density at radius 3 is 1.71 bits per heavy atom. The van der Waals surface area contributed by atoms with Crippen molar-refractivity contribution in [2.45, 2.75) is 56.2 Å². The van der Waals surface area contributed by atoms with Crippen molar-refractivity contribution in [3.8, 4) is 0 Å². The van der Waals surface area contributed by atoms with E-state index >= 15 is 0 Å². The molecule has 10 heteroatoms. The lowest BCUT2D eigenvalue weighted by Gasteiger charge is -2.42. The molecule has 0 spiro atoms. The molecule has 1 aliphatic rings. The zero-order valence-electron chi connectivity index (χ0n) is 13.6. The smallest absolute Gasteiger partial charge is 0.303 e. The predicted molar refractivity (Wildman–Crippen MR) is 86.0 cm³/mol. The van der Waals surface area contributed by atoms with E-state index in [0.29, 0.717) is 0 Å². The van der Waals surface area contributed by atoms with Crippen LogP contribution in [0.5, 0.6) is 0 Å². The molecule has 0 N–H and O–H groups in total. The topological polar surface area (TPSA) is 114 Å². The third-order valence-electron chi connectivity index (χ3n) is 2.93. The average molecular weight is 458 g/mol. The number of rotatable bonds is 5. The summed E-state index contributed by atoms with van der Waals surface area (Å²) < 4.78 is 25.4. The van der Waals surface area contributed by atoms with Crippen LogP contribution < -0.4 is 0 Å². The Labute approximate surface area is 152 Å². The highest BCUT2D eigenvalue weighted by Crippen LogP contribution is 2.31. The summed E-state index contributed by atoms with van der Waals surface area (Å²) in [5, 5.41) is 0. The van der Waals surface area contributed by atoms with Crippen molar-refractivity contribution in [2.24, 2.45) is 0 Å². The molecule has 0 saturated carbocycles. The van der Waals surface area contributed by atoms with Crippen molar-refractivity contribution in [3.05, 3.63) is 0 Å². The number of esters is 4.